The minimum absolute atomic E-state index is 0.428. The number of pyridine rings is 1. The highest BCUT2D eigenvalue weighted by Gasteiger charge is 2.04. The van der Waals surface area contributed by atoms with Crippen molar-refractivity contribution in [2.24, 2.45) is 0 Å². The monoisotopic (exact) mass is 264 g/mol. The van der Waals surface area contributed by atoms with Gasteiger partial charge in [-0.2, -0.15) is 0 Å². The van der Waals surface area contributed by atoms with Crippen molar-refractivity contribution in [3.8, 4) is 0 Å². The highest BCUT2D eigenvalue weighted by atomic mass is 35.5. The number of nitrogen functional groups attached to an aromatic ring is 1. The molecule has 0 aliphatic rings. The van der Waals surface area contributed by atoms with E-state index in [2.05, 4.69) is 37.0 Å². The zero-order chi connectivity index (χ0) is 12.4. The summed E-state index contributed by atoms with van der Waals surface area (Å²) in [5.74, 6) is 0. The van der Waals surface area contributed by atoms with Gasteiger partial charge >= 0.3 is 0 Å². The van der Waals surface area contributed by atoms with E-state index in [1.54, 1.807) is 17.8 Å². The number of nitrogens with two attached hydrogens (primary N) is 1. The highest BCUT2D eigenvalue weighted by Crippen LogP contribution is 2.31. The molecule has 2 aromatic rings. The molecule has 0 unspecified atom stereocenters. The average Bonchev–Trinajstić information content (AvgIpc) is 2.21. The summed E-state index contributed by atoms with van der Waals surface area (Å²) in [6, 6.07) is 9.80. The van der Waals surface area contributed by atoms with Crippen LogP contribution in [0.4, 0.5) is 5.69 Å². The smallest absolute Gasteiger partial charge is 0.132 e. The molecule has 17 heavy (non-hydrogen) atoms. The fourth-order valence-corrected chi connectivity index (χ4v) is 2.76. The Morgan fingerprint density at radius 2 is 1.94 bits per heavy atom. The topological polar surface area (TPSA) is 38.9 Å². The fraction of sp³-hybridized carbons (Fsp3) is 0.154. The van der Waals surface area contributed by atoms with Gasteiger partial charge in [0.05, 0.1) is 0 Å². The molecule has 2 N–H and O–H groups in total. The molecule has 0 aliphatic heterocycles. The summed E-state index contributed by atoms with van der Waals surface area (Å²) in [6.07, 6.45) is 0. The number of aromatic nitrogens is 1. The number of nitrogens with zero attached hydrogens (tertiary/aromatic N) is 1. The van der Waals surface area contributed by atoms with Gasteiger partial charge in [-0.3, -0.25) is 0 Å². The summed E-state index contributed by atoms with van der Waals surface area (Å²) in [5, 5.41) is 1.25. The van der Waals surface area contributed by atoms with E-state index >= 15 is 0 Å². The lowest BCUT2D eigenvalue weighted by atomic mass is 10.2. The van der Waals surface area contributed by atoms with Crippen molar-refractivity contribution in [2.75, 3.05) is 5.73 Å². The molecule has 0 spiro atoms. The van der Waals surface area contributed by atoms with Gasteiger partial charge in [-0.15, -0.1) is 0 Å². The Bertz CT molecular complexity index is 535. The minimum atomic E-state index is 0.428. The van der Waals surface area contributed by atoms with Crippen LogP contribution in [0.25, 0.3) is 0 Å². The maximum atomic E-state index is 5.88. The number of hydrogen-bond acceptors (Lipinski definition) is 3. The van der Waals surface area contributed by atoms with Crippen molar-refractivity contribution < 1.29 is 0 Å². The van der Waals surface area contributed by atoms with Crippen LogP contribution in [0.1, 0.15) is 11.1 Å². The first-order valence-electron chi connectivity index (χ1n) is 5.23. The van der Waals surface area contributed by atoms with Crippen molar-refractivity contribution in [2.45, 2.75) is 23.8 Å². The Balaban J connectivity index is 2.31. The van der Waals surface area contributed by atoms with Crippen LogP contribution in [0.3, 0.4) is 0 Å². The second-order valence-electron chi connectivity index (χ2n) is 3.93. The molecular weight excluding hydrogens is 252 g/mol. The van der Waals surface area contributed by atoms with E-state index in [9.17, 15) is 0 Å². The van der Waals surface area contributed by atoms with E-state index < -0.39 is 0 Å². The molecule has 88 valence electrons. The van der Waals surface area contributed by atoms with Crippen LogP contribution in [0.2, 0.25) is 5.15 Å². The first kappa shape index (κ1) is 12.3. The number of benzene rings is 1. The second kappa shape index (κ2) is 4.98. The zero-order valence-electron chi connectivity index (χ0n) is 9.70. The molecule has 2 rings (SSSR count). The van der Waals surface area contributed by atoms with E-state index in [1.807, 2.05) is 6.07 Å². The minimum Gasteiger partial charge on any atom is -0.399 e. The summed E-state index contributed by atoms with van der Waals surface area (Å²) in [5.41, 5.74) is 8.86. The Hall–Kier alpha value is -1.19. The summed E-state index contributed by atoms with van der Waals surface area (Å²) in [7, 11) is 0. The number of anilines is 1. The molecule has 2 nitrogen and oxygen atoms in total. The largest absolute Gasteiger partial charge is 0.399 e. The maximum Gasteiger partial charge on any atom is 0.132 e. The van der Waals surface area contributed by atoms with Gasteiger partial charge < -0.3 is 5.73 Å². The number of hydrogen-bond donors (Lipinski definition) is 1. The van der Waals surface area contributed by atoms with E-state index in [0.717, 1.165) is 5.03 Å². The number of aryl methyl sites for hydroxylation is 2. The molecule has 0 radical (unpaired) electrons. The lowest BCUT2D eigenvalue weighted by molar-refractivity contribution is 1.13. The van der Waals surface area contributed by atoms with Gasteiger partial charge in [-0.1, -0.05) is 41.1 Å². The first-order valence-corrected chi connectivity index (χ1v) is 6.42. The molecule has 0 atom stereocenters. The van der Waals surface area contributed by atoms with Gasteiger partial charge in [0.1, 0.15) is 10.2 Å². The third-order valence-corrected chi connectivity index (χ3v) is 3.63. The number of halogens is 1. The Kier molecular flexibility index (Phi) is 3.60. The van der Waals surface area contributed by atoms with Gasteiger partial charge in [0.2, 0.25) is 0 Å². The van der Waals surface area contributed by atoms with E-state index in [4.69, 9.17) is 17.3 Å². The van der Waals surface area contributed by atoms with Gasteiger partial charge in [-0.05, 0) is 37.6 Å². The van der Waals surface area contributed by atoms with Crippen molar-refractivity contribution in [1.29, 1.82) is 0 Å². The molecule has 0 saturated heterocycles. The summed E-state index contributed by atoms with van der Waals surface area (Å²) in [4.78, 5) is 5.41. The third-order valence-electron chi connectivity index (χ3n) is 2.34. The SMILES string of the molecule is Cc1ccc(Sc2cc(N)cc(Cl)n2)c(C)c1. The normalized spacial score (nSPS) is 10.5. The molecule has 1 aromatic carbocycles. The van der Waals surface area contributed by atoms with Crippen LogP contribution < -0.4 is 5.73 Å². The van der Waals surface area contributed by atoms with E-state index in [-0.39, 0.29) is 0 Å². The van der Waals surface area contributed by atoms with Crippen molar-refractivity contribution in [3.63, 3.8) is 0 Å². The van der Waals surface area contributed by atoms with Gasteiger partial charge in [0.15, 0.2) is 0 Å². The van der Waals surface area contributed by atoms with Crippen LogP contribution in [0.15, 0.2) is 40.3 Å². The van der Waals surface area contributed by atoms with E-state index in [1.165, 1.54) is 16.0 Å². The fourth-order valence-electron chi connectivity index (χ4n) is 1.57. The molecule has 0 saturated carbocycles. The Labute approximate surface area is 110 Å². The Morgan fingerprint density at radius 3 is 2.59 bits per heavy atom. The number of rotatable bonds is 2. The molecule has 0 bridgehead atoms. The second-order valence-corrected chi connectivity index (χ2v) is 5.38. The first-order chi connectivity index (χ1) is 8.04. The van der Waals surface area contributed by atoms with Gasteiger partial charge in [-0.25, -0.2) is 4.98 Å². The standard InChI is InChI=1S/C13H13ClN2S/c1-8-3-4-11(9(2)5-8)17-13-7-10(15)6-12(14)16-13/h3-7H,1-2H3,(H2,15,16). The highest BCUT2D eigenvalue weighted by molar-refractivity contribution is 7.99. The maximum absolute atomic E-state index is 5.88. The molecule has 1 aromatic heterocycles. The zero-order valence-corrected chi connectivity index (χ0v) is 11.3. The molecule has 0 aliphatic carbocycles. The van der Waals surface area contributed by atoms with Crippen molar-refractivity contribution >= 4 is 29.1 Å². The molecule has 1 heterocycles. The average molecular weight is 265 g/mol. The van der Waals surface area contributed by atoms with Gasteiger partial charge in [0.25, 0.3) is 0 Å². The lowest BCUT2D eigenvalue weighted by Crippen LogP contribution is -1.89. The van der Waals surface area contributed by atoms with E-state index in [0.29, 0.717) is 10.8 Å². The van der Waals surface area contributed by atoms with Crippen LogP contribution in [-0.4, -0.2) is 4.98 Å². The molecular formula is C13H13ClN2S. The summed E-state index contributed by atoms with van der Waals surface area (Å²) in [6.45, 7) is 4.17. The summed E-state index contributed by atoms with van der Waals surface area (Å²) >= 11 is 7.45. The predicted molar refractivity (Wildman–Crippen MR) is 73.7 cm³/mol. The van der Waals surface area contributed by atoms with Crippen LogP contribution in [0, 0.1) is 13.8 Å². The van der Waals surface area contributed by atoms with Crippen molar-refractivity contribution in [3.05, 3.63) is 46.6 Å². The third kappa shape index (κ3) is 3.14. The molecule has 0 amide bonds. The summed E-state index contributed by atoms with van der Waals surface area (Å²) < 4.78 is 0. The molecule has 4 heteroatoms. The van der Waals surface area contributed by atoms with Crippen LogP contribution in [-0.2, 0) is 0 Å². The van der Waals surface area contributed by atoms with Gasteiger partial charge in [0, 0.05) is 10.6 Å². The van der Waals surface area contributed by atoms with Crippen LogP contribution in [0.5, 0.6) is 0 Å². The predicted octanol–water partition coefficient (Wildman–Crippen LogP) is 4.09. The van der Waals surface area contributed by atoms with Crippen molar-refractivity contribution in [1.82, 2.24) is 4.98 Å². The van der Waals surface area contributed by atoms with Crippen LogP contribution >= 0.6 is 23.4 Å². The molecule has 0 fully saturated rings. The quantitative estimate of drug-likeness (QED) is 0.831. The Morgan fingerprint density at radius 1 is 1.18 bits per heavy atom. The lowest BCUT2D eigenvalue weighted by Gasteiger charge is -2.06.